The first kappa shape index (κ1) is 64.8. The van der Waals surface area contributed by atoms with Gasteiger partial charge in [0.05, 0.1) is 0 Å². The number of hydrogen-bond acceptors (Lipinski definition) is 6. The fourth-order valence-electron chi connectivity index (χ4n) is 7.20. The van der Waals surface area contributed by atoms with Gasteiger partial charge in [0.2, 0.25) is 0 Å². The zero-order valence-corrected chi connectivity index (χ0v) is 44.5. The molecular formula is C63H102O6. The lowest BCUT2D eigenvalue weighted by Crippen LogP contribution is -2.30. The maximum absolute atomic E-state index is 12.8. The van der Waals surface area contributed by atoms with E-state index >= 15 is 0 Å². The first-order valence-corrected chi connectivity index (χ1v) is 28.0. The summed E-state index contributed by atoms with van der Waals surface area (Å²) < 4.78 is 16.8. The van der Waals surface area contributed by atoms with Crippen molar-refractivity contribution in [2.45, 2.75) is 245 Å². The van der Waals surface area contributed by atoms with Crippen molar-refractivity contribution in [2.24, 2.45) is 0 Å². The molecule has 0 spiro atoms. The van der Waals surface area contributed by atoms with Gasteiger partial charge in [-0.3, -0.25) is 14.4 Å². The van der Waals surface area contributed by atoms with E-state index in [9.17, 15) is 14.4 Å². The summed E-state index contributed by atoms with van der Waals surface area (Å²) in [4.78, 5) is 38.1. The molecule has 6 heteroatoms. The minimum atomic E-state index is -0.806. The van der Waals surface area contributed by atoms with Crippen LogP contribution in [0.25, 0.3) is 0 Å². The molecule has 0 aliphatic carbocycles. The van der Waals surface area contributed by atoms with E-state index in [1.54, 1.807) is 0 Å². The Balaban J connectivity index is 4.43. The van der Waals surface area contributed by atoms with E-state index < -0.39 is 6.10 Å². The van der Waals surface area contributed by atoms with Gasteiger partial charge in [-0.2, -0.15) is 0 Å². The Morgan fingerprint density at radius 2 is 0.580 bits per heavy atom. The van der Waals surface area contributed by atoms with Gasteiger partial charge < -0.3 is 14.2 Å². The maximum atomic E-state index is 12.8. The smallest absolute Gasteiger partial charge is 0.306 e. The van der Waals surface area contributed by atoms with Gasteiger partial charge in [-0.1, -0.05) is 213 Å². The van der Waals surface area contributed by atoms with E-state index in [0.717, 1.165) is 148 Å². The lowest BCUT2D eigenvalue weighted by atomic mass is 10.1. The van der Waals surface area contributed by atoms with Crippen LogP contribution in [0.2, 0.25) is 0 Å². The Bertz CT molecular complexity index is 1470. The van der Waals surface area contributed by atoms with Crippen LogP contribution in [0.3, 0.4) is 0 Å². The molecule has 0 aromatic carbocycles. The zero-order valence-electron chi connectivity index (χ0n) is 44.5. The van der Waals surface area contributed by atoms with Crippen LogP contribution in [0, 0.1) is 0 Å². The Kier molecular flexibility index (Phi) is 53.0. The molecule has 0 fully saturated rings. The monoisotopic (exact) mass is 955 g/mol. The van der Waals surface area contributed by atoms with Crippen LogP contribution < -0.4 is 0 Å². The van der Waals surface area contributed by atoms with Crippen LogP contribution in [0.1, 0.15) is 239 Å². The van der Waals surface area contributed by atoms with Gasteiger partial charge in [0.25, 0.3) is 0 Å². The normalized spacial score (nSPS) is 13.0. The average Bonchev–Trinajstić information content (AvgIpc) is 3.35. The summed E-state index contributed by atoms with van der Waals surface area (Å²) >= 11 is 0. The number of rotatable bonds is 49. The fourth-order valence-corrected chi connectivity index (χ4v) is 7.20. The van der Waals surface area contributed by atoms with Crippen molar-refractivity contribution in [3.63, 3.8) is 0 Å². The van der Waals surface area contributed by atoms with Gasteiger partial charge >= 0.3 is 17.9 Å². The maximum Gasteiger partial charge on any atom is 0.306 e. The second-order valence-electron chi connectivity index (χ2n) is 18.1. The summed E-state index contributed by atoms with van der Waals surface area (Å²) in [5, 5.41) is 0. The van der Waals surface area contributed by atoms with Gasteiger partial charge in [-0.15, -0.1) is 0 Å². The minimum Gasteiger partial charge on any atom is -0.462 e. The van der Waals surface area contributed by atoms with Crippen LogP contribution in [0.4, 0.5) is 0 Å². The number of hydrogen-bond donors (Lipinski definition) is 0. The molecule has 0 aromatic rings. The number of carbonyl (C=O) groups is 3. The molecule has 0 N–H and O–H groups in total. The van der Waals surface area contributed by atoms with E-state index in [0.29, 0.717) is 19.3 Å². The standard InChI is InChI=1S/C63H102O6/c1-4-7-10-13-16-19-22-25-27-28-29-30-31-32-33-34-35-36-37-39-41-44-47-50-53-56-62(65)68-59-60(58-67-61(64)55-52-49-46-43-40-24-21-18-15-12-9-6-3)69-63(66)57-54-51-48-45-42-38-26-23-20-17-14-11-8-5-2/h7,10,14,16-19,21,23,25-27,29-30,32-33,35-36,39,41,60H,4-6,8-9,11-13,15,20,22,24,28,31,34,37-38,40,42-59H2,1-3H3/b10-7-,17-14-,19-16-,21-18-,26-23-,27-25-,30-29-,33-32-,36-35-,41-39-. The lowest BCUT2D eigenvalue weighted by Gasteiger charge is -2.18. The molecule has 0 rings (SSSR count). The van der Waals surface area contributed by atoms with Crippen molar-refractivity contribution in [3.8, 4) is 0 Å². The molecule has 0 radical (unpaired) electrons. The number of esters is 3. The zero-order chi connectivity index (χ0) is 50.0. The Labute approximate surface area is 424 Å². The molecular weight excluding hydrogens is 853 g/mol. The predicted molar refractivity (Wildman–Crippen MR) is 297 cm³/mol. The number of carbonyl (C=O) groups excluding carboxylic acids is 3. The molecule has 0 saturated heterocycles. The predicted octanol–water partition coefficient (Wildman–Crippen LogP) is 18.9. The topological polar surface area (TPSA) is 78.9 Å². The SMILES string of the molecule is CC/C=C\C/C=C\C/C=C\C/C=C\C/C=C\C/C=C\C/C=C\CCCCCC(=O)OCC(COC(=O)CCCCCCC/C=C\CCCCC)OC(=O)CCCCCCC/C=C\C/C=C\CCCC. The highest BCUT2D eigenvalue weighted by atomic mass is 16.6. The number of ether oxygens (including phenoxy) is 3. The summed E-state index contributed by atoms with van der Waals surface area (Å²) in [6.07, 6.45) is 77.6. The van der Waals surface area contributed by atoms with Crippen LogP contribution >= 0.6 is 0 Å². The number of unbranched alkanes of at least 4 members (excludes halogenated alkanes) is 18. The molecule has 69 heavy (non-hydrogen) atoms. The average molecular weight is 956 g/mol. The third kappa shape index (κ3) is 54.6. The van der Waals surface area contributed by atoms with E-state index in [-0.39, 0.29) is 31.1 Å². The highest BCUT2D eigenvalue weighted by Crippen LogP contribution is 2.13. The molecule has 1 unspecified atom stereocenters. The molecule has 0 heterocycles. The summed E-state index contributed by atoms with van der Waals surface area (Å²) in [5.74, 6) is -0.963. The van der Waals surface area contributed by atoms with Gasteiger partial charge in [-0.05, 0) is 128 Å². The van der Waals surface area contributed by atoms with Gasteiger partial charge in [0, 0.05) is 19.3 Å². The second kappa shape index (κ2) is 56.4. The summed E-state index contributed by atoms with van der Waals surface area (Å²) in [6.45, 7) is 6.40. The first-order chi connectivity index (χ1) is 34.0. The van der Waals surface area contributed by atoms with Crippen molar-refractivity contribution < 1.29 is 28.6 Å². The fraction of sp³-hybridized carbons (Fsp3) is 0.635. The van der Waals surface area contributed by atoms with Crippen molar-refractivity contribution in [1.82, 2.24) is 0 Å². The van der Waals surface area contributed by atoms with Gasteiger partial charge in [0.1, 0.15) is 13.2 Å². The van der Waals surface area contributed by atoms with Crippen LogP contribution in [-0.4, -0.2) is 37.2 Å². The molecule has 0 bridgehead atoms. The lowest BCUT2D eigenvalue weighted by molar-refractivity contribution is -0.167. The Hall–Kier alpha value is -4.19. The molecule has 6 nitrogen and oxygen atoms in total. The molecule has 0 aliphatic heterocycles. The summed E-state index contributed by atoms with van der Waals surface area (Å²) in [5.41, 5.74) is 0. The van der Waals surface area contributed by atoms with Crippen LogP contribution in [-0.2, 0) is 28.6 Å². The quantitative estimate of drug-likeness (QED) is 0.0262. The van der Waals surface area contributed by atoms with E-state index in [1.165, 1.54) is 51.4 Å². The summed E-state index contributed by atoms with van der Waals surface area (Å²) in [7, 11) is 0. The van der Waals surface area contributed by atoms with Gasteiger partial charge in [-0.25, -0.2) is 0 Å². The molecule has 0 aromatic heterocycles. The Morgan fingerprint density at radius 1 is 0.304 bits per heavy atom. The van der Waals surface area contributed by atoms with Crippen molar-refractivity contribution >= 4 is 17.9 Å². The number of allylic oxidation sites excluding steroid dienone is 20. The third-order valence-electron chi connectivity index (χ3n) is 11.4. The highest BCUT2D eigenvalue weighted by molar-refractivity contribution is 5.71. The van der Waals surface area contributed by atoms with Crippen LogP contribution in [0.5, 0.6) is 0 Å². The molecule has 1 atom stereocenters. The van der Waals surface area contributed by atoms with Crippen LogP contribution in [0.15, 0.2) is 122 Å². The summed E-state index contributed by atoms with van der Waals surface area (Å²) in [6, 6.07) is 0. The minimum absolute atomic E-state index is 0.102. The largest absolute Gasteiger partial charge is 0.462 e. The highest BCUT2D eigenvalue weighted by Gasteiger charge is 2.19. The van der Waals surface area contributed by atoms with E-state index in [4.69, 9.17) is 14.2 Å². The molecule has 0 saturated carbocycles. The van der Waals surface area contributed by atoms with Crippen molar-refractivity contribution in [2.75, 3.05) is 13.2 Å². The van der Waals surface area contributed by atoms with E-state index in [1.807, 2.05) is 0 Å². The van der Waals surface area contributed by atoms with Gasteiger partial charge in [0.15, 0.2) is 6.10 Å². The van der Waals surface area contributed by atoms with E-state index in [2.05, 4.69) is 142 Å². The van der Waals surface area contributed by atoms with Crippen molar-refractivity contribution in [3.05, 3.63) is 122 Å². The molecule has 390 valence electrons. The molecule has 0 amide bonds. The van der Waals surface area contributed by atoms with Crippen molar-refractivity contribution in [1.29, 1.82) is 0 Å². The molecule has 0 aliphatic rings. The second-order valence-corrected chi connectivity index (χ2v) is 18.1. The Morgan fingerprint density at radius 3 is 0.957 bits per heavy atom. The third-order valence-corrected chi connectivity index (χ3v) is 11.4. The first-order valence-electron chi connectivity index (χ1n) is 28.0.